The number of hydrogen-bond donors (Lipinski definition) is 1. The zero-order valence-corrected chi connectivity index (χ0v) is 14.8. The van der Waals surface area contributed by atoms with Crippen LogP contribution in [0.15, 0.2) is 40.9 Å². The molecule has 2 aromatic rings. The van der Waals surface area contributed by atoms with E-state index in [2.05, 4.69) is 54.2 Å². The molecule has 4 heteroatoms. The molecule has 0 heterocycles. The summed E-state index contributed by atoms with van der Waals surface area (Å²) >= 11 is 9.39. The van der Waals surface area contributed by atoms with Crippen molar-refractivity contribution in [3.63, 3.8) is 0 Å². The largest absolute Gasteiger partial charge is 0.456 e. The summed E-state index contributed by atoms with van der Waals surface area (Å²) in [4.78, 5) is 0. The van der Waals surface area contributed by atoms with Crippen LogP contribution < -0.4 is 10.1 Å². The molecule has 0 saturated heterocycles. The molecule has 0 radical (unpaired) electrons. The van der Waals surface area contributed by atoms with Crippen LogP contribution in [-0.2, 0) is 6.54 Å². The van der Waals surface area contributed by atoms with Gasteiger partial charge in [-0.25, -0.2) is 0 Å². The summed E-state index contributed by atoms with van der Waals surface area (Å²) in [6.07, 6.45) is 0. The molecular weight excluding hydrogens is 350 g/mol. The molecule has 1 N–H and O–H groups in total. The summed E-state index contributed by atoms with van der Waals surface area (Å²) < 4.78 is 6.75. The topological polar surface area (TPSA) is 21.3 Å². The summed E-state index contributed by atoms with van der Waals surface area (Å²) in [5, 5.41) is 4.11. The highest BCUT2D eigenvalue weighted by Crippen LogP contribution is 2.32. The second-order valence-corrected chi connectivity index (χ2v) is 6.59. The lowest BCUT2D eigenvalue weighted by atomic mass is 10.1. The van der Waals surface area contributed by atoms with E-state index in [1.807, 2.05) is 24.3 Å². The lowest BCUT2D eigenvalue weighted by Gasteiger charge is -2.13. The van der Waals surface area contributed by atoms with Crippen molar-refractivity contribution >= 4 is 27.5 Å². The summed E-state index contributed by atoms with van der Waals surface area (Å²) in [6, 6.07) is 12.1. The van der Waals surface area contributed by atoms with Crippen LogP contribution >= 0.6 is 27.5 Å². The molecule has 2 nitrogen and oxygen atoms in total. The Balaban J connectivity index is 2.12. The maximum Gasteiger partial charge on any atom is 0.141 e. The van der Waals surface area contributed by atoms with Gasteiger partial charge in [-0.1, -0.05) is 31.5 Å². The average molecular weight is 369 g/mol. The number of nitrogens with one attached hydrogen (secondary N) is 1. The molecule has 0 saturated carbocycles. The molecule has 0 atom stereocenters. The smallest absolute Gasteiger partial charge is 0.141 e. The fraction of sp³-hybridized carbons (Fsp3) is 0.294. The van der Waals surface area contributed by atoms with Gasteiger partial charge in [0.2, 0.25) is 0 Å². The normalized spacial score (nSPS) is 11.0. The Bertz CT molecular complexity index is 628. The van der Waals surface area contributed by atoms with E-state index >= 15 is 0 Å². The van der Waals surface area contributed by atoms with E-state index < -0.39 is 0 Å². The molecule has 112 valence electrons. The third-order valence-corrected chi connectivity index (χ3v) is 3.99. The van der Waals surface area contributed by atoms with E-state index in [0.717, 1.165) is 22.5 Å². The van der Waals surface area contributed by atoms with Crippen LogP contribution in [0.1, 0.15) is 25.0 Å². The number of hydrogen-bond acceptors (Lipinski definition) is 2. The molecule has 0 spiro atoms. The lowest BCUT2D eigenvalue weighted by Crippen LogP contribution is -2.22. The Hall–Kier alpha value is -1.03. The van der Waals surface area contributed by atoms with E-state index in [-0.39, 0.29) is 0 Å². The minimum absolute atomic E-state index is 0.477. The monoisotopic (exact) mass is 367 g/mol. The van der Waals surface area contributed by atoms with Gasteiger partial charge in [-0.05, 0) is 64.3 Å². The van der Waals surface area contributed by atoms with Gasteiger partial charge in [0.1, 0.15) is 11.5 Å². The maximum atomic E-state index is 5.93. The molecule has 2 rings (SSSR count). The van der Waals surface area contributed by atoms with Crippen LogP contribution in [0, 0.1) is 6.92 Å². The summed E-state index contributed by atoms with van der Waals surface area (Å²) in [7, 11) is 0. The molecule has 0 unspecified atom stereocenters. The van der Waals surface area contributed by atoms with Crippen LogP contribution in [0.4, 0.5) is 0 Å². The number of rotatable bonds is 5. The zero-order valence-electron chi connectivity index (χ0n) is 12.4. The average Bonchev–Trinajstić information content (AvgIpc) is 2.41. The fourth-order valence-corrected chi connectivity index (χ4v) is 2.69. The van der Waals surface area contributed by atoms with Gasteiger partial charge in [0.15, 0.2) is 0 Å². The fourth-order valence-electron chi connectivity index (χ4n) is 1.93. The lowest BCUT2D eigenvalue weighted by molar-refractivity contribution is 0.478. The van der Waals surface area contributed by atoms with Crippen molar-refractivity contribution in [2.24, 2.45) is 0 Å². The number of benzene rings is 2. The molecule has 0 amide bonds. The van der Waals surface area contributed by atoms with Crippen molar-refractivity contribution in [2.45, 2.75) is 33.4 Å². The Morgan fingerprint density at radius 2 is 1.95 bits per heavy atom. The van der Waals surface area contributed by atoms with Gasteiger partial charge in [-0.2, -0.15) is 0 Å². The number of aryl methyl sites for hydroxylation is 1. The Kier molecular flexibility index (Phi) is 5.68. The van der Waals surface area contributed by atoms with Crippen molar-refractivity contribution in [1.82, 2.24) is 5.32 Å². The Labute approximate surface area is 139 Å². The van der Waals surface area contributed by atoms with Crippen molar-refractivity contribution in [3.05, 3.63) is 57.0 Å². The van der Waals surface area contributed by atoms with Crippen LogP contribution in [0.3, 0.4) is 0 Å². The van der Waals surface area contributed by atoms with Crippen LogP contribution in [0.25, 0.3) is 0 Å². The number of halogens is 2. The molecule has 0 aliphatic heterocycles. The van der Waals surface area contributed by atoms with E-state index in [0.29, 0.717) is 11.1 Å². The van der Waals surface area contributed by atoms with Gasteiger partial charge in [-0.15, -0.1) is 0 Å². The number of ether oxygens (including phenoxy) is 1. The summed E-state index contributed by atoms with van der Waals surface area (Å²) in [5.74, 6) is 1.58. The first-order chi connectivity index (χ1) is 9.95. The van der Waals surface area contributed by atoms with Gasteiger partial charge in [-0.3, -0.25) is 0 Å². The molecule has 21 heavy (non-hydrogen) atoms. The Morgan fingerprint density at radius 1 is 1.19 bits per heavy atom. The van der Waals surface area contributed by atoms with Crippen LogP contribution in [0.5, 0.6) is 11.5 Å². The molecule has 0 aliphatic rings. The highest BCUT2D eigenvalue weighted by Gasteiger charge is 2.06. The van der Waals surface area contributed by atoms with Crippen molar-refractivity contribution in [1.29, 1.82) is 0 Å². The predicted octanol–water partition coefficient (Wildman–Crippen LogP) is 5.70. The minimum Gasteiger partial charge on any atom is -0.456 e. The Morgan fingerprint density at radius 3 is 2.57 bits per heavy atom. The van der Waals surface area contributed by atoms with Gasteiger partial charge >= 0.3 is 0 Å². The maximum absolute atomic E-state index is 5.93. The molecule has 2 aromatic carbocycles. The summed E-state index contributed by atoms with van der Waals surface area (Å²) in [6.45, 7) is 7.26. The first-order valence-electron chi connectivity index (χ1n) is 6.91. The van der Waals surface area contributed by atoms with Crippen molar-refractivity contribution in [2.75, 3.05) is 0 Å². The third-order valence-electron chi connectivity index (χ3n) is 3.14. The van der Waals surface area contributed by atoms with E-state index in [1.54, 1.807) is 0 Å². The van der Waals surface area contributed by atoms with Crippen LogP contribution in [0.2, 0.25) is 5.02 Å². The zero-order chi connectivity index (χ0) is 15.4. The molecule has 0 bridgehead atoms. The predicted molar refractivity (Wildman–Crippen MR) is 92.4 cm³/mol. The highest BCUT2D eigenvalue weighted by atomic mass is 79.9. The first-order valence-corrected chi connectivity index (χ1v) is 8.08. The standard InChI is InChI=1S/C17H19BrClNO/c1-11(2)20-10-13-4-6-15(8-12(13)3)21-17-7-5-14(19)9-16(17)18/h4-9,11,20H,10H2,1-3H3. The van der Waals surface area contributed by atoms with E-state index in [1.165, 1.54) is 11.1 Å². The first kappa shape index (κ1) is 16.3. The van der Waals surface area contributed by atoms with Gasteiger partial charge in [0.25, 0.3) is 0 Å². The highest BCUT2D eigenvalue weighted by molar-refractivity contribution is 9.10. The SMILES string of the molecule is Cc1cc(Oc2ccc(Cl)cc2Br)ccc1CNC(C)C. The van der Waals surface area contributed by atoms with Gasteiger partial charge < -0.3 is 10.1 Å². The van der Waals surface area contributed by atoms with Gasteiger partial charge in [0.05, 0.1) is 4.47 Å². The van der Waals surface area contributed by atoms with E-state index in [9.17, 15) is 0 Å². The van der Waals surface area contributed by atoms with Crippen molar-refractivity contribution < 1.29 is 4.74 Å². The summed E-state index contributed by atoms with van der Waals surface area (Å²) in [5.41, 5.74) is 2.50. The van der Waals surface area contributed by atoms with Crippen molar-refractivity contribution in [3.8, 4) is 11.5 Å². The quantitative estimate of drug-likeness (QED) is 0.730. The minimum atomic E-state index is 0.477. The molecule has 0 aliphatic carbocycles. The second-order valence-electron chi connectivity index (χ2n) is 5.30. The van der Waals surface area contributed by atoms with Gasteiger partial charge in [0, 0.05) is 17.6 Å². The molecule has 0 fully saturated rings. The second kappa shape index (κ2) is 7.30. The van der Waals surface area contributed by atoms with Crippen LogP contribution in [-0.4, -0.2) is 6.04 Å². The molecule has 0 aromatic heterocycles. The molecular formula is C17H19BrClNO. The third kappa shape index (κ3) is 4.73. The van der Waals surface area contributed by atoms with E-state index in [4.69, 9.17) is 16.3 Å².